The van der Waals surface area contributed by atoms with Gasteiger partial charge in [-0.1, -0.05) is 11.6 Å². The SMILES string of the molecule is CCn1ncc(NC(C)(CN)C2CC2)c(Cl)c1=O. The molecule has 2 rings (SSSR count). The summed E-state index contributed by atoms with van der Waals surface area (Å²) in [6.45, 7) is 4.93. The van der Waals surface area contributed by atoms with Gasteiger partial charge in [0.15, 0.2) is 0 Å². The van der Waals surface area contributed by atoms with Gasteiger partial charge in [-0.15, -0.1) is 0 Å². The summed E-state index contributed by atoms with van der Waals surface area (Å²) in [5.74, 6) is 0.548. The molecule has 1 aromatic rings. The molecule has 1 aromatic heterocycles. The Morgan fingerprint density at radius 1 is 1.67 bits per heavy atom. The highest BCUT2D eigenvalue weighted by atomic mass is 35.5. The van der Waals surface area contributed by atoms with Crippen molar-refractivity contribution >= 4 is 17.3 Å². The number of nitrogens with zero attached hydrogens (tertiary/aromatic N) is 2. The van der Waals surface area contributed by atoms with Gasteiger partial charge >= 0.3 is 0 Å². The standard InChI is InChI=1S/C12H19ClN4O/c1-3-17-11(18)10(13)9(6-15-17)16-12(2,7-14)8-4-5-8/h6,8,16H,3-5,7,14H2,1-2H3. The number of rotatable bonds is 5. The van der Waals surface area contributed by atoms with Crippen LogP contribution in [0.4, 0.5) is 5.69 Å². The van der Waals surface area contributed by atoms with Crippen LogP contribution in [-0.2, 0) is 6.54 Å². The van der Waals surface area contributed by atoms with E-state index in [1.54, 1.807) is 6.20 Å². The van der Waals surface area contributed by atoms with Crippen molar-refractivity contribution in [2.24, 2.45) is 11.7 Å². The molecule has 1 heterocycles. The van der Waals surface area contributed by atoms with E-state index in [1.807, 2.05) is 6.92 Å². The summed E-state index contributed by atoms with van der Waals surface area (Å²) in [5.41, 5.74) is 5.93. The molecule has 1 saturated carbocycles. The number of halogens is 1. The van der Waals surface area contributed by atoms with Crippen LogP contribution in [0.5, 0.6) is 0 Å². The average molecular weight is 271 g/mol. The maximum absolute atomic E-state index is 11.9. The predicted molar refractivity (Wildman–Crippen MR) is 73.0 cm³/mol. The zero-order chi connectivity index (χ0) is 13.3. The van der Waals surface area contributed by atoms with Crippen LogP contribution in [0.15, 0.2) is 11.0 Å². The molecule has 0 spiro atoms. The second-order valence-electron chi connectivity index (χ2n) is 5.01. The normalized spacial score (nSPS) is 18.4. The van der Waals surface area contributed by atoms with Crippen LogP contribution in [0, 0.1) is 5.92 Å². The van der Waals surface area contributed by atoms with Crippen molar-refractivity contribution in [3.05, 3.63) is 21.6 Å². The third kappa shape index (κ3) is 2.37. The van der Waals surface area contributed by atoms with Crippen molar-refractivity contribution in [1.29, 1.82) is 0 Å². The fourth-order valence-corrected chi connectivity index (χ4v) is 2.32. The van der Waals surface area contributed by atoms with Crippen molar-refractivity contribution in [3.63, 3.8) is 0 Å². The summed E-state index contributed by atoms with van der Waals surface area (Å²) in [5, 5.41) is 7.55. The summed E-state index contributed by atoms with van der Waals surface area (Å²) >= 11 is 6.09. The minimum Gasteiger partial charge on any atom is -0.376 e. The Kier molecular flexibility index (Phi) is 3.64. The Labute approximate surface area is 111 Å². The van der Waals surface area contributed by atoms with Crippen LogP contribution in [0.25, 0.3) is 0 Å². The molecule has 1 aliphatic rings. The van der Waals surface area contributed by atoms with E-state index in [1.165, 1.54) is 4.68 Å². The van der Waals surface area contributed by atoms with E-state index in [0.717, 1.165) is 12.8 Å². The van der Waals surface area contributed by atoms with Gasteiger partial charge in [0.05, 0.1) is 11.9 Å². The number of nitrogens with one attached hydrogen (secondary N) is 1. The second kappa shape index (κ2) is 4.90. The summed E-state index contributed by atoms with van der Waals surface area (Å²) in [6.07, 6.45) is 3.93. The predicted octanol–water partition coefficient (Wildman–Crippen LogP) is 1.46. The van der Waals surface area contributed by atoms with Gasteiger partial charge in [-0.05, 0) is 32.6 Å². The number of hydrogen-bond acceptors (Lipinski definition) is 4. The monoisotopic (exact) mass is 270 g/mol. The summed E-state index contributed by atoms with van der Waals surface area (Å²) in [7, 11) is 0. The van der Waals surface area contributed by atoms with Crippen molar-refractivity contribution in [3.8, 4) is 0 Å². The molecule has 1 atom stereocenters. The van der Waals surface area contributed by atoms with Gasteiger partial charge in [-0.2, -0.15) is 5.10 Å². The molecule has 3 N–H and O–H groups in total. The molecule has 0 bridgehead atoms. The molecule has 0 saturated heterocycles. The van der Waals surface area contributed by atoms with Crippen LogP contribution in [0.2, 0.25) is 5.02 Å². The number of aromatic nitrogens is 2. The minimum absolute atomic E-state index is 0.187. The van der Waals surface area contributed by atoms with Gasteiger partial charge in [0.1, 0.15) is 5.02 Å². The summed E-state index contributed by atoms with van der Waals surface area (Å²) < 4.78 is 1.34. The molecule has 5 nitrogen and oxygen atoms in total. The molecule has 100 valence electrons. The van der Waals surface area contributed by atoms with E-state index in [2.05, 4.69) is 17.3 Å². The lowest BCUT2D eigenvalue weighted by atomic mass is 9.96. The van der Waals surface area contributed by atoms with Gasteiger partial charge < -0.3 is 11.1 Å². The molecule has 0 amide bonds. The van der Waals surface area contributed by atoms with E-state index in [0.29, 0.717) is 24.7 Å². The highest BCUT2D eigenvalue weighted by Crippen LogP contribution is 2.41. The van der Waals surface area contributed by atoms with Crippen LogP contribution in [-0.4, -0.2) is 21.9 Å². The molecule has 0 aromatic carbocycles. The molecular formula is C12H19ClN4O. The topological polar surface area (TPSA) is 72.9 Å². The first kappa shape index (κ1) is 13.4. The minimum atomic E-state index is -0.265. The Hall–Kier alpha value is -1.07. The van der Waals surface area contributed by atoms with Gasteiger partial charge in [-0.25, -0.2) is 4.68 Å². The average Bonchev–Trinajstić information content (AvgIpc) is 3.20. The number of anilines is 1. The van der Waals surface area contributed by atoms with E-state index in [9.17, 15) is 4.79 Å². The maximum atomic E-state index is 11.9. The molecular weight excluding hydrogens is 252 g/mol. The zero-order valence-corrected chi connectivity index (χ0v) is 11.5. The van der Waals surface area contributed by atoms with Crippen molar-refractivity contribution in [1.82, 2.24) is 9.78 Å². The molecule has 1 fully saturated rings. The quantitative estimate of drug-likeness (QED) is 0.850. The Balaban J connectivity index is 2.29. The lowest BCUT2D eigenvalue weighted by Crippen LogP contribution is -2.45. The lowest BCUT2D eigenvalue weighted by Gasteiger charge is -2.30. The highest BCUT2D eigenvalue weighted by molar-refractivity contribution is 6.32. The maximum Gasteiger partial charge on any atom is 0.287 e. The molecule has 1 unspecified atom stereocenters. The summed E-state index contributed by atoms with van der Waals surface area (Å²) in [6, 6.07) is 0. The molecule has 18 heavy (non-hydrogen) atoms. The van der Waals surface area contributed by atoms with Gasteiger partial charge in [0, 0.05) is 18.6 Å². The van der Waals surface area contributed by atoms with E-state index >= 15 is 0 Å². The first-order chi connectivity index (χ1) is 8.51. The largest absolute Gasteiger partial charge is 0.376 e. The Bertz CT molecular complexity index is 497. The van der Waals surface area contributed by atoms with Crippen LogP contribution in [0.3, 0.4) is 0 Å². The number of nitrogens with two attached hydrogens (primary N) is 1. The van der Waals surface area contributed by atoms with Gasteiger partial charge in [-0.3, -0.25) is 4.79 Å². The zero-order valence-electron chi connectivity index (χ0n) is 10.7. The molecule has 6 heteroatoms. The van der Waals surface area contributed by atoms with Gasteiger partial charge in [0.25, 0.3) is 5.56 Å². The van der Waals surface area contributed by atoms with Gasteiger partial charge in [0.2, 0.25) is 0 Å². The van der Waals surface area contributed by atoms with Crippen molar-refractivity contribution < 1.29 is 0 Å². The fraction of sp³-hybridized carbons (Fsp3) is 0.667. The number of hydrogen-bond donors (Lipinski definition) is 2. The second-order valence-corrected chi connectivity index (χ2v) is 5.39. The highest BCUT2D eigenvalue weighted by Gasteiger charge is 2.40. The molecule has 1 aliphatic carbocycles. The fourth-order valence-electron chi connectivity index (χ4n) is 2.13. The third-order valence-corrected chi connectivity index (χ3v) is 3.97. The lowest BCUT2D eigenvalue weighted by molar-refractivity contribution is 0.458. The van der Waals surface area contributed by atoms with Crippen LogP contribution >= 0.6 is 11.6 Å². The Morgan fingerprint density at radius 3 is 2.83 bits per heavy atom. The first-order valence-electron chi connectivity index (χ1n) is 6.25. The molecule has 0 radical (unpaired) electrons. The van der Waals surface area contributed by atoms with Crippen molar-refractivity contribution in [2.45, 2.75) is 38.8 Å². The smallest absolute Gasteiger partial charge is 0.287 e. The van der Waals surface area contributed by atoms with E-state index < -0.39 is 0 Å². The van der Waals surface area contributed by atoms with Crippen LogP contribution < -0.4 is 16.6 Å². The Morgan fingerprint density at radius 2 is 2.33 bits per heavy atom. The number of aryl methyl sites for hydroxylation is 1. The van der Waals surface area contributed by atoms with E-state index in [-0.39, 0.29) is 16.1 Å². The third-order valence-electron chi connectivity index (χ3n) is 3.61. The van der Waals surface area contributed by atoms with Crippen molar-refractivity contribution in [2.75, 3.05) is 11.9 Å². The first-order valence-corrected chi connectivity index (χ1v) is 6.63. The molecule has 0 aliphatic heterocycles. The van der Waals surface area contributed by atoms with Crippen LogP contribution in [0.1, 0.15) is 26.7 Å². The summed E-state index contributed by atoms with van der Waals surface area (Å²) in [4.78, 5) is 11.9. The van der Waals surface area contributed by atoms with E-state index in [4.69, 9.17) is 17.3 Å².